The third-order valence-electron chi connectivity index (χ3n) is 4.37. The monoisotopic (exact) mass is 374 g/mol. The molecule has 0 bridgehead atoms. The van der Waals surface area contributed by atoms with Crippen molar-refractivity contribution in [1.82, 2.24) is 20.2 Å². The number of benzene rings is 2. The molecular formula is C20H18N6O2. The van der Waals surface area contributed by atoms with Gasteiger partial charge < -0.3 is 16.0 Å². The standard InChI is InChI=1S/C20H18N6O2/c1-11-22-10-15(23-11)9-18(27)24-14-4-2-3-12(7-14)19-16-8-13(20(21)28)5-6-17(16)25-26-19/h2-8,10H,9H2,1H3,(H2,21,28)(H,22,23)(H,24,27)(H,25,26). The third kappa shape index (κ3) is 3.48. The molecule has 0 aliphatic carbocycles. The van der Waals surface area contributed by atoms with Crippen LogP contribution < -0.4 is 11.1 Å². The lowest BCUT2D eigenvalue weighted by molar-refractivity contribution is -0.115. The number of carbonyl (C=O) groups is 2. The van der Waals surface area contributed by atoms with Crippen molar-refractivity contribution in [2.24, 2.45) is 5.73 Å². The van der Waals surface area contributed by atoms with Gasteiger partial charge in [0.25, 0.3) is 0 Å². The molecule has 8 nitrogen and oxygen atoms in total. The second-order valence-electron chi connectivity index (χ2n) is 6.50. The fraction of sp³-hybridized carbons (Fsp3) is 0.100. The number of imidazole rings is 1. The van der Waals surface area contributed by atoms with Crippen LogP contribution in [0, 0.1) is 6.92 Å². The van der Waals surface area contributed by atoms with Crippen LogP contribution in [0.2, 0.25) is 0 Å². The van der Waals surface area contributed by atoms with Crippen LogP contribution in [-0.4, -0.2) is 32.0 Å². The number of rotatable bonds is 5. The van der Waals surface area contributed by atoms with Crippen molar-refractivity contribution < 1.29 is 9.59 Å². The van der Waals surface area contributed by atoms with E-state index in [4.69, 9.17) is 5.73 Å². The Bertz CT molecular complexity index is 1190. The molecule has 0 spiro atoms. The minimum Gasteiger partial charge on any atom is -0.366 e. The fourth-order valence-corrected chi connectivity index (χ4v) is 3.07. The number of aromatic nitrogens is 4. The lowest BCUT2D eigenvalue weighted by Crippen LogP contribution is -2.14. The number of H-pyrrole nitrogens is 2. The van der Waals surface area contributed by atoms with E-state index in [2.05, 4.69) is 25.5 Å². The van der Waals surface area contributed by atoms with Crippen LogP contribution in [0.5, 0.6) is 0 Å². The van der Waals surface area contributed by atoms with Gasteiger partial charge in [-0.2, -0.15) is 5.10 Å². The van der Waals surface area contributed by atoms with E-state index in [-0.39, 0.29) is 12.3 Å². The van der Waals surface area contributed by atoms with Crippen LogP contribution in [0.1, 0.15) is 21.9 Å². The average molecular weight is 374 g/mol. The maximum absolute atomic E-state index is 12.3. The first-order chi connectivity index (χ1) is 13.5. The summed E-state index contributed by atoms with van der Waals surface area (Å²) in [7, 11) is 0. The van der Waals surface area contributed by atoms with E-state index in [1.165, 1.54) is 0 Å². The highest BCUT2D eigenvalue weighted by Crippen LogP contribution is 2.28. The van der Waals surface area contributed by atoms with Crippen molar-refractivity contribution >= 4 is 28.4 Å². The van der Waals surface area contributed by atoms with Gasteiger partial charge in [-0.1, -0.05) is 12.1 Å². The fourth-order valence-electron chi connectivity index (χ4n) is 3.07. The highest BCUT2D eigenvalue weighted by atomic mass is 16.1. The molecule has 0 atom stereocenters. The summed E-state index contributed by atoms with van der Waals surface area (Å²) < 4.78 is 0. The maximum atomic E-state index is 12.3. The van der Waals surface area contributed by atoms with E-state index < -0.39 is 5.91 Å². The van der Waals surface area contributed by atoms with Gasteiger partial charge in [0.15, 0.2) is 0 Å². The van der Waals surface area contributed by atoms with Gasteiger partial charge in [0, 0.05) is 34.1 Å². The minimum absolute atomic E-state index is 0.149. The first kappa shape index (κ1) is 17.5. The highest BCUT2D eigenvalue weighted by molar-refractivity contribution is 6.01. The quantitative estimate of drug-likeness (QED) is 0.428. The number of fused-ring (bicyclic) bond motifs is 1. The Kier molecular flexibility index (Phi) is 4.36. The van der Waals surface area contributed by atoms with Crippen LogP contribution in [0.3, 0.4) is 0 Å². The smallest absolute Gasteiger partial charge is 0.248 e. The summed E-state index contributed by atoms with van der Waals surface area (Å²) in [5.74, 6) is 0.123. The largest absolute Gasteiger partial charge is 0.366 e. The molecule has 28 heavy (non-hydrogen) atoms. The minimum atomic E-state index is -0.496. The van der Waals surface area contributed by atoms with Crippen molar-refractivity contribution in [3.05, 3.63) is 65.7 Å². The zero-order chi connectivity index (χ0) is 19.7. The summed E-state index contributed by atoms with van der Waals surface area (Å²) in [6.45, 7) is 1.84. The number of anilines is 1. The summed E-state index contributed by atoms with van der Waals surface area (Å²) >= 11 is 0. The molecule has 0 saturated heterocycles. The second-order valence-corrected chi connectivity index (χ2v) is 6.50. The van der Waals surface area contributed by atoms with E-state index in [1.807, 2.05) is 31.2 Å². The molecule has 0 aliphatic heterocycles. The number of nitrogens with two attached hydrogens (primary N) is 1. The molecule has 2 heterocycles. The Balaban J connectivity index is 1.60. The number of amides is 2. The summed E-state index contributed by atoms with van der Waals surface area (Å²) in [6, 6.07) is 12.5. The first-order valence-corrected chi connectivity index (χ1v) is 8.68. The normalized spacial score (nSPS) is 10.9. The van der Waals surface area contributed by atoms with Crippen LogP contribution in [0.25, 0.3) is 22.2 Å². The SMILES string of the molecule is Cc1ncc(CC(=O)Nc2cccc(-c3n[nH]c4ccc(C(N)=O)cc34)c2)[nH]1. The number of primary amides is 1. The topological polar surface area (TPSA) is 130 Å². The van der Waals surface area contributed by atoms with Crippen LogP contribution in [-0.2, 0) is 11.2 Å². The Labute approximate surface area is 160 Å². The number of aryl methyl sites for hydroxylation is 1. The predicted octanol–water partition coefficient (Wildman–Crippen LogP) is 2.54. The van der Waals surface area contributed by atoms with Crippen molar-refractivity contribution in [1.29, 1.82) is 0 Å². The van der Waals surface area contributed by atoms with Gasteiger partial charge in [0.2, 0.25) is 11.8 Å². The van der Waals surface area contributed by atoms with Crippen molar-refractivity contribution in [3.63, 3.8) is 0 Å². The van der Waals surface area contributed by atoms with Gasteiger partial charge in [-0.25, -0.2) is 4.98 Å². The summed E-state index contributed by atoms with van der Waals surface area (Å²) in [5, 5.41) is 11.0. The summed E-state index contributed by atoms with van der Waals surface area (Å²) in [4.78, 5) is 30.9. The number of carbonyl (C=O) groups excluding carboxylic acids is 2. The molecule has 5 N–H and O–H groups in total. The van der Waals surface area contributed by atoms with Crippen molar-refractivity contribution in [2.75, 3.05) is 5.32 Å². The molecule has 4 aromatic rings. The van der Waals surface area contributed by atoms with Crippen molar-refractivity contribution in [2.45, 2.75) is 13.3 Å². The number of nitrogens with one attached hydrogen (secondary N) is 3. The number of nitrogens with zero attached hydrogens (tertiary/aromatic N) is 2. The van der Waals surface area contributed by atoms with Gasteiger partial charge in [-0.3, -0.25) is 14.7 Å². The molecule has 0 aliphatic rings. The predicted molar refractivity (Wildman–Crippen MR) is 106 cm³/mol. The number of hydrogen-bond acceptors (Lipinski definition) is 4. The zero-order valence-corrected chi connectivity index (χ0v) is 15.1. The van der Waals surface area contributed by atoms with Gasteiger partial charge >= 0.3 is 0 Å². The van der Waals surface area contributed by atoms with E-state index in [0.29, 0.717) is 16.9 Å². The molecule has 2 amide bonds. The van der Waals surface area contributed by atoms with E-state index >= 15 is 0 Å². The zero-order valence-electron chi connectivity index (χ0n) is 15.1. The molecule has 2 aromatic heterocycles. The molecule has 4 rings (SSSR count). The lowest BCUT2D eigenvalue weighted by atomic mass is 10.0. The van der Waals surface area contributed by atoms with E-state index in [1.54, 1.807) is 24.4 Å². The van der Waals surface area contributed by atoms with Gasteiger partial charge in [0.1, 0.15) is 5.82 Å². The van der Waals surface area contributed by atoms with Gasteiger partial charge in [0.05, 0.1) is 17.6 Å². The van der Waals surface area contributed by atoms with Crippen LogP contribution in [0.4, 0.5) is 5.69 Å². The Morgan fingerprint density at radius 2 is 2.04 bits per heavy atom. The number of aromatic amines is 2. The molecule has 2 aromatic carbocycles. The second kappa shape index (κ2) is 6.99. The van der Waals surface area contributed by atoms with Crippen molar-refractivity contribution in [3.8, 4) is 11.3 Å². The summed E-state index contributed by atoms with van der Waals surface area (Å²) in [6.07, 6.45) is 1.86. The van der Waals surface area contributed by atoms with Crippen LogP contribution >= 0.6 is 0 Å². The van der Waals surface area contributed by atoms with Crippen LogP contribution in [0.15, 0.2) is 48.7 Å². The van der Waals surface area contributed by atoms with Gasteiger partial charge in [-0.05, 0) is 37.3 Å². The average Bonchev–Trinajstić information content (AvgIpc) is 3.27. The molecule has 140 valence electrons. The Morgan fingerprint density at radius 1 is 1.18 bits per heavy atom. The highest BCUT2D eigenvalue weighted by Gasteiger charge is 2.12. The first-order valence-electron chi connectivity index (χ1n) is 8.68. The molecule has 0 fully saturated rings. The van der Waals surface area contributed by atoms with Gasteiger partial charge in [-0.15, -0.1) is 0 Å². The van der Waals surface area contributed by atoms with E-state index in [0.717, 1.165) is 28.0 Å². The van der Waals surface area contributed by atoms with E-state index in [9.17, 15) is 9.59 Å². The number of hydrogen-bond donors (Lipinski definition) is 4. The third-order valence-corrected chi connectivity index (χ3v) is 4.37. The molecular weight excluding hydrogens is 356 g/mol. The lowest BCUT2D eigenvalue weighted by Gasteiger charge is -2.06. The summed E-state index contributed by atoms with van der Waals surface area (Å²) in [5.41, 5.74) is 9.48. The molecule has 0 unspecified atom stereocenters. The molecule has 0 radical (unpaired) electrons. The maximum Gasteiger partial charge on any atom is 0.248 e. The Hall–Kier alpha value is -3.94. The molecule has 8 heteroatoms. The Morgan fingerprint density at radius 3 is 2.79 bits per heavy atom. The molecule has 0 saturated carbocycles.